The number of benzene rings is 1. The lowest BCUT2D eigenvalue weighted by Gasteiger charge is -1.96. The van der Waals surface area contributed by atoms with E-state index < -0.39 is 21.7 Å². The first-order valence-corrected chi connectivity index (χ1v) is 6.21. The summed E-state index contributed by atoms with van der Waals surface area (Å²) in [5, 5.41) is 15.1. The molecule has 0 aliphatic carbocycles. The van der Waals surface area contributed by atoms with Gasteiger partial charge in [-0.05, 0) is 0 Å². The Morgan fingerprint density at radius 1 is 1.05 bits per heavy atom. The van der Waals surface area contributed by atoms with Crippen LogP contribution >= 0.6 is 23.2 Å². The van der Waals surface area contributed by atoms with E-state index in [9.17, 15) is 19.7 Å². The molecule has 3 aromatic rings. The van der Waals surface area contributed by atoms with Crippen molar-refractivity contribution in [2.75, 3.05) is 0 Å². The summed E-state index contributed by atoms with van der Waals surface area (Å²) in [5.41, 5.74) is -1.83. The van der Waals surface area contributed by atoms with Crippen molar-refractivity contribution in [2.24, 2.45) is 0 Å². The molecular weight excluding hydrogens is 325 g/mol. The number of aromatic amines is 4. The van der Waals surface area contributed by atoms with Gasteiger partial charge in [0.05, 0.1) is 9.95 Å². The van der Waals surface area contributed by atoms with E-state index >= 15 is 0 Å². The number of nitro benzene ring substituents is 1. The van der Waals surface area contributed by atoms with E-state index in [2.05, 4.69) is 20.2 Å². The number of nitrogens with zero attached hydrogens (tertiary/aromatic N) is 1. The Hall–Kier alpha value is -2.52. The van der Waals surface area contributed by atoms with Crippen molar-refractivity contribution >= 4 is 51.0 Å². The van der Waals surface area contributed by atoms with Crippen LogP contribution in [0.3, 0.4) is 0 Å². The molecule has 0 bridgehead atoms. The molecule has 0 saturated carbocycles. The van der Waals surface area contributed by atoms with Gasteiger partial charge in [-0.1, -0.05) is 23.2 Å². The second kappa shape index (κ2) is 4.50. The Morgan fingerprint density at radius 3 is 2.19 bits per heavy atom. The van der Waals surface area contributed by atoms with Gasteiger partial charge >= 0.3 is 33.4 Å². The van der Waals surface area contributed by atoms with Crippen LogP contribution in [-0.4, -0.2) is 15.1 Å². The Balaban J connectivity index is 2.65. The summed E-state index contributed by atoms with van der Waals surface area (Å²) in [4.78, 5) is 39.0. The molecule has 1 aromatic carbocycles. The molecule has 2 heterocycles. The second-order valence-corrected chi connectivity index (χ2v) is 4.89. The number of aromatic nitrogens is 4. The molecule has 0 unspecified atom stereocenters. The zero-order chi connectivity index (χ0) is 15.3. The molecule has 4 N–H and O–H groups in total. The van der Waals surface area contributed by atoms with Crippen LogP contribution in [-0.2, 0) is 0 Å². The normalized spacial score (nSPS) is 11.1. The highest BCUT2D eigenvalue weighted by molar-refractivity contribution is 6.44. The zero-order valence-electron chi connectivity index (χ0n) is 9.91. The third-order valence-electron chi connectivity index (χ3n) is 2.88. The smallest absolute Gasteiger partial charge is 0.260 e. The third kappa shape index (κ3) is 1.94. The van der Waals surface area contributed by atoms with Gasteiger partial charge in [0.1, 0.15) is 5.02 Å². The van der Waals surface area contributed by atoms with Crippen LogP contribution in [0.15, 0.2) is 15.7 Å². The van der Waals surface area contributed by atoms with E-state index in [-0.39, 0.29) is 32.1 Å². The molecular formula is C10H5Cl2N5O4+2. The van der Waals surface area contributed by atoms with Crippen molar-refractivity contribution < 1.29 is 14.9 Å². The lowest BCUT2D eigenvalue weighted by Crippen LogP contribution is -2.32. The minimum Gasteiger partial charge on any atom is -0.260 e. The first kappa shape index (κ1) is 13.5. The molecule has 0 radical (unpaired) electrons. The summed E-state index contributed by atoms with van der Waals surface area (Å²) in [6.07, 6.45) is 0. The minimum atomic E-state index is -0.728. The van der Waals surface area contributed by atoms with Gasteiger partial charge in [-0.3, -0.25) is 29.9 Å². The van der Waals surface area contributed by atoms with Gasteiger partial charge in [-0.15, -0.1) is 0 Å². The Kier molecular flexibility index (Phi) is 2.88. The van der Waals surface area contributed by atoms with E-state index in [1.54, 1.807) is 0 Å². The number of rotatable bonds is 1. The monoisotopic (exact) mass is 329 g/mol. The van der Waals surface area contributed by atoms with Crippen molar-refractivity contribution in [2.45, 2.75) is 0 Å². The van der Waals surface area contributed by atoms with Crippen molar-refractivity contribution in [1.29, 1.82) is 0 Å². The van der Waals surface area contributed by atoms with E-state index in [1.165, 1.54) is 6.07 Å². The maximum atomic E-state index is 11.7. The van der Waals surface area contributed by atoms with Gasteiger partial charge in [0.25, 0.3) is 5.52 Å². The molecule has 0 saturated heterocycles. The number of fused-ring (bicyclic) bond motifs is 2. The topological polar surface area (TPSA) is 137 Å². The SMILES string of the molecule is O=c1[nH][nH]c(=O)c2[nH+]c3c([N+](=O)[O-])c(Cl)c(Cl)cc3[nH+]c12. The summed E-state index contributed by atoms with van der Waals surface area (Å²) in [5.74, 6) is 0. The van der Waals surface area contributed by atoms with Crippen molar-refractivity contribution in [3.8, 4) is 0 Å². The molecule has 9 nitrogen and oxygen atoms in total. The predicted octanol–water partition coefficient (Wildman–Crippen LogP) is 0.213. The number of H-pyrrole nitrogens is 4. The Bertz CT molecular complexity index is 1040. The lowest BCUT2D eigenvalue weighted by atomic mass is 10.2. The fourth-order valence-corrected chi connectivity index (χ4v) is 2.39. The molecule has 0 aliphatic rings. The number of hydrogen-bond acceptors (Lipinski definition) is 4. The van der Waals surface area contributed by atoms with Gasteiger partial charge in [-0.25, -0.2) is 0 Å². The number of nitro groups is 1. The number of halogens is 2. The number of nitrogens with one attached hydrogen (secondary N) is 4. The second-order valence-electron chi connectivity index (χ2n) is 4.11. The van der Waals surface area contributed by atoms with E-state index in [1.807, 2.05) is 0 Å². The summed E-state index contributed by atoms with van der Waals surface area (Å²) in [7, 11) is 0. The van der Waals surface area contributed by atoms with Crippen LogP contribution in [0, 0.1) is 10.1 Å². The molecule has 21 heavy (non-hydrogen) atoms. The standard InChI is InChI=1S/C10H3Cl2N5O4/c11-2-1-3-5(8(4(2)12)17(20)21)14-7-6(13-3)9(18)15-16-10(7)19/h1H,(H,15,18)(H,16,19)/p+2. The average molecular weight is 330 g/mol. The number of hydrogen-bond donors (Lipinski definition) is 2. The first-order valence-electron chi connectivity index (χ1n) is 5.45. The molecule has 106 valence electrons. The molecule has 0 atom stereocenters. The van der Waals surface area contributed by atoms with Crippen LogP contribution < -0.4 is 21.1 Å². The van der Waals surface area contributed by atoms with Gasteiger partial charge < -0.3 is 0 Å². The molecule has 11 heteroatoms. The lowest BCUT2D eigenvalue weighted by molar-refractivity contribution is -0.401. The van der Waals surface area contributed by atoms with Gasteiger partial charge in [-0.2, -0.15) is 9.97 Å². The van der Waals surface area contributed by atoms with Crippen LogP contribution in [0.2, 0.25) is 10.0 Å². The van der Waals surface area contributed by atoms with Crippen LogP contribution in [0.25, 0.3) is 22.1 Å². The fourth-order valence-electron chi connectivity index (χ4n) is 1.97. The third-order valence-corrected chi connectivity index (χ3v) is 3.66. The minimum absolute atomic E-state index is 0.0435. The van der Waals surface area contributed by atoms with E-state index in [0.717, 1.165) is 0 Å². The van der Waals surface area contributed by atoms with Crippen molar-refractivity contribution in [3.05, 3.63) is 46.9 Å². The van der Waals surface area contributed by atoms with E-state index in [4.69, 9.17) is 23.2 Å². The molecule has 2 aromatic heterocycles. The maximum Gasteiger partial charge on any atom is 0.367 e. The first-order chi connectivity index (χ1) is 9.90. The predicted molar refractivity (Wildman–Crippen MR) is 72.5 cm³/mol. The van der Waals surface area contributed by atoms with Gasteiger partial charge in [0.2, 0.25) is 0 Å². The van der Waals surface area contributed by atoms with Crippen LogP contribution in [0.5, 0.6) is 0 Å². The Labute approximate surface area is 123 Å². The van der Waals surface area contributed by atoms with Crippen LogP contribution in [0.1, 0.15) is 0 Å². The molecule has 0 aliphatic heterocycles. The van der Waals surface area contributed by atoms with Crippen molar-refractivity contribution in [1.82, 2.24) is 10.2 Å². The molecule has 0 fully saturated rings. The van der Waals surface area contributed by atoms with Gasteiger partial charge in [0, 0.05) is 6.07 Å². The highest BCUT2D eigenvalue weighted by atomic mass is 35.5. The molecule has 0 amide bonds. The Morgan fingerprint density at radius 2 is 1.62 bits per heavy atom. The summed E-state index contributed by atoms with van der Waals surface area (Å²) in [6, 6.07) is 1.32. The summed E-state index contributed by atoms with van der Waals surface area (Å²) in [6.45, 7) is 0. The van der Waals surface area contributed by atoms with Crippen molar-refractivity contribution in [3.63, 3.8) is 0 Å². The largest absolute Gasteiger partial charge is 0.367 e. The van der Waals surface area contributed by atoms with Crippen LogP contribution in [0.4, 0.5) is 5.69 Å². The summed E-state index contributed by atoms with van der Waals surface area (Å²) >= 11 is 11.7. The highest BCUT2D eigenvalue weighted by Crippen LogP contribution is 2.35. The highest BCUT2D eigenvalue weighted by Gasteiger charge is 2.32. The maximum absolute atomic E-state index is 11.7. The molecule has 3 rings (SSSR count). The fraction of sp³-hybridized carbons (Fsp3) is 0. The zero-order valence-corrected chi connectivity index (χ0v) is 11.4. The quantitative estimate of drug-likeness (QED) is 0.374. The average Bonchev–Trinajstić information content (AvgIpc) is 2.43. The van der Waals surface area contributed by atoms with Gasteiger partial charge in [0.15, 0.2) is 0 Å². The molecule has 0 spiro atoms. The van der Waals surface area contributed by atoms with E-state index in [0.29, 0.717) is 0 Å². The summed E-state index contributed by atoms with van der Waals surface area (Å²) < 4.78 is 0.